The average molecular weight is 446 g/mol. The number of nitrogens with one attached hydrogen (secondary N) is 1. The van der Waals surface area contributed by atoms with E-state index in [1.807, 2.05) is 0 Å². The number of halogens is 3. The predicted octanol–water partition coefficient (Wildman–Crippen LogP) is 1.29. The first kappa shape index (κ1) is 20.3. The molecule has 2 aromatic heterocycles. The van der Waals surface area contributed by atoms with Crippen molar-refractivity contribution in [2.75, 3.05) is 0 Å². The quantitative estimate of drug-likeness (QED) is 0.586. The van der Waals surface area contributed by atoms with Crippen molar-refractivity contribution in [2.45, 2.75) is 31.9 Å². The normalized spacial score (nSPS) is 16.6. The lowest BCUT2D eigenvalue weighted by atomic mass is 10.1. The number of nitrogens with zero attached hydrogens (tertiary/aromatic N) is 3. The summed E-state index contributed by atoms with van der Waals surface area (Å²) in [4.78, 5) is 30.2. The third-order valence-corrected chi connectivity index (χ3v) is 5.35. The van der Waals surface area contributed by atoms with Crippen molar-refractivity contribution in [3.05, 3.63) is 57.1 Å². The Labute approximate surface area is 165 Å². The number of fused-ring (bicyclic) bond motifs is 1. The number of H-pyrrole nitrogens is 1. The van der Waals surface area contributed by atoms with Crippen LogP contribution >= 0.6 is 0 Å². The number of alkyl halides is 3. The SMILES string of the molecule is O=c1[nH]c2cc(C(F)(F)F)c(-n3ccnc3)cc2n(CCCC2OS(=O)(=O)O2)c1=O. The Hall–Kier alpha value is -2.97. The summed E-state index contributed by atoms with van der Waals surface area (Å²) in [5.74, 6) is 0. The molecule has 0 spiro atoms. The van der Waals surface area contributed by atoms with Gasteiger partial charge in [0.2, 0.25) is 0 Å². The summed E-state index contributed by atoms with van der Waals surface area (Å²) in [6, 6.07) is 1.89. The van der Waals surface area contributed by atoms with Gasteiger partial charge in [0.1, 0.15) is 0 Å². The zero-order valence-corrected chi connectivity index (χ0v) is 15.7. The Kier molecular flexibility index (Phi) is 4.79. The van der Waals surface area contributed by atoms with Gasteiger partial charge in [0, 0.05) is 25.4 Å². The second-order valence-electron chi connectivity index (χ2n) is 6.44. The maximum atomic E-state index is 13.6. The van der Waals surface area contributed by atoms with E-state index >= 15 is 0 Å². The van der Waals surface area contributed by atoms with Gasteiger partial charge in [-0.1, -0.05) is 0 Å². The third-order valence-electron chi connectivity index (χ3n) is 4.45. The number of aromatic amines is 1. The second kappa shape index (κ2) is 7.07. The Morgan fingerprint density at radius 1 is 1.20 bits per heavy atom. The fraction of sp³-hybridized carbons (Fsp3) is 0.312. The summed E-state index contributed by atoms with van der Waals surface area (Å²) in [7, 11) is -3.96. The van der Waals surface area contributed by atoms with Crippen molar-refractivity contribution in [3.8, 4) is 5.69 Å². The molecule has 160 valence electrons. The van der Waals surface area contributed by atoms with Gasteiger partial charge in [-0.2, -0.15) is 21.6 Å². The number of aromatic nitrogens is 4. The highest BCUT2D eigenvalue weighted by molar-refractivity contribution is 7.82. The van der Waals surface area contributed by atoms with E-state index in [1.165, 1.54) is 18.7 Å². The summed E-state index contributed by atoms with van der Waals surface area (Å²) in [5, 5.41) is 0. The molecule has 0 amide bonds. The molecule has 0 atom stereocenters. The molecule has 3 aromatic rings. The van der Waals surface area contributed by atoms with Crippen LogP contribution in [0.2, 0.25) is 0 Å². The third kappa shape index (κ3) is 3.76. The summed E-state index contributed by atoms with van der Waals surface area (Å²) < 4.78 is 73.5. The van der Waals surface area contributed by atoms with Gasteiger partial charge in [-0.15, -0.1) is 0 Å². The molecule has 10 nitrogen and oxygen atoms in total. The van der Waals surface area contributed by atoms with Crippen LogP contribution in [0.15, 0.2) is 40.4 Å². The van der Waals surface area contributed by atoms with E-state index < -0.39 is 39.5 Å². The summed E-state index contributed by atoms with van der Waals surface area (Å²) in [6.45, 7) is -0.0722. The molecule has 0 bridgehead atoms. The minimum absolute atomic E-state index is 0.0689. The minimum atomic E-state index is -4.73. The predicted molar refractivity (Wildman–Crippen MR) is 95.1 cm³/mol. The second-order valence-corrected chi connectivity index (χ2v) is 7.64. The van der Waals surface area contributed by atoms with E-state index in [9.17, 15) is 31.2 Å². The summed E-state index contributed by atoms with van der Waals surface area (Å²) in [5.41, 5.74) is -3.43. The molecule has 1 aromatic carbocycles. The van der Waals surface area contributed by atoms with Gasteiger partial charge in [-0.3, -0.25) is 9.59 Å². The van der Waals surface area contributed by atoms with Gasteiger partial charge in [0.15, 0.2) is 6.29 Å². The molecule has 1 fully saturated rings. The molecule has 30 heavy (non-hydrogen) atoms. The van der Waals surface area contributed by atoms with E-state index in [1.54, 1.807) is 0 Å². The highest BCUT2D eigenvalue weighted by atomic mass is 32.3. The van der Waals surface area contributed by atoms with Crippen molar-refractivity contribution in [3.63, 3.8) is 0 Å². The number of rotatable bonds is 5. The number of hydrogen-bond acceptors (Lipinski definition) is 7. The lowest BCUT2D eigenvalue weighted by Gasteiger charge is -2.24. The van der Waals surface area contributed by atoms with E-state index in [4.69, 9.17) is 0 Å². The molecule has 3 heterocycles. The van der Waals surface area contributed by atoms with Gasteiger partial charge in [0.25, 0.3) is 0 Å². The van der Waals surface area contributed by atoms with Crippen molar-refractivity contribution < 1.29 is 30.0 Å². The molecule has 1 aliphatic heterocycles. The standard InChI is InChI=1S/C16H13F3N4O6S/c17-16(18,19)9-6-10-12(7-11(9)22-5-3-20-8-22)23(15(25)14(24)21-10)4-1-2-13-28-30(26,27)29-13/h3,5-8,13H,1-2,4H2,(H,21,24). The fourth-order valence-electron chi connectivity index (χ4n) is 3.16. The maximum absolute atomic E-state index is 13.6. The van der Waals surface area contributed by atoms with Gasteiger partial charge in [-0.05, 0) is 18.6 Å². The van der Waals surface area contributed by atoms with Crippen LogP contribution in [0.4, 0.5) is 13.2 Å². The van der Waals surface area contributed by atoms with E-state index in [0.29, 0.717) is 0 Å². The molecule has 0 aliphatic carbocycles. The maximum Gasteiger partial charge on any atom is 0.418 e. The minimum Gasteiger partial charge on any atom is -0.316 e. The van der Waals surface area contributed by atoms with Crippen LogP contribution < -0.4 is 11.1 Å². The van der Waals surface area contributed by atoms with E-state index in [-0.39, 0.29) is 36.1 Å². The zero-order chi connectivity index (χ0) is 21.7. The lowest BCUT2D eigenvalue weighted by Crippen LogP contribution is -2.38. The van der Waals surface area contributed by atoms with E-state index in [0.717, 1.165) is 21.3 Å². The average Bonchev–Trinajstić information content (AvgIpc) is 3.16. The van der Waals surface area contributed by atoms with Crippen LogP contribution in [-0.2, 0) is 31.5 Å². The molecule has 0 unspecified atom stereocenters. The number of benzene rings is 1. The number of hydrogen-bond donors (Lipinski definition) is 1. The molecular formula is C16H13F3N4O6S. The fourth-order valence-corrected chi connectivity index (χ4v) is 3.89. The van der Waals surface area contributed by atoms with Crippen molar-refractivity contribution in [2.24, 2.45) is 0 Å². The largest absolute Gasteiger partial charge is 0.418 e. The molecule has 4 rings (SSSR count). The van der Waals surface area contributed by atoms with Gasteiger partial charge in [0.05, 0.1) is 28.6 Å². The molecular weight excluding hydrogens is 433 g/mol. The Morgan fingerprint density at radius 3 is 2.53 bits per heavy atom. The Bertz CT molecular complexity index is 1320. The first-order chi connectivity index (χ1) is 14.0. The first-order valence-corrected chi connectivity index (χ1v) is 9.86. The monoisotopic (exact) mass is 446 g/mol. The lowest BCUT2D eigenvalue weighted by molar-refractivity contribution is -0.137. The summed E-state index contributed by atoms with van der Waals surface area (Å²) >= 11 is 0. The van der Waals surface area contributed by atoms with Gasteiger partial charge in [-0.25, -0.2) is 13.4 Å². The zero-order valence-electron chi connectivity index (χ0n) is 14.9. The Morgan fingerprint density at radius 2 is 1.93 bits per heavy atom. The molecule has 14 heteroatoms. The number of imidazole rings is 1. The van der Waals surface area contributed by atoms with E-state index in [2.05, 4.69) is 18.3 Å². The van der Waals surface area contributed by atoms with Crippen molar-refractivity contribution in [1.29, 1.82) is 0 Å². The van der Waals surface area contributed by atoms with Crippen LogP contribution in [0.25, 0.3) is 16.7 Å². The van der Waals surface area contributed by atoms with Crippen LogP contribution in [0.5, 0.6) is 0 Å². The Balaban J connectivity index is 1.77. The van der Waals surface area contributed by atoms with Crippen LogP contribution in [0.3, 0.4) is 0 Å². The van der Waals surface area contributed by atoms with Crippen LogP contribution in [0.1, 0.15) is 18.4 Å². The summed E-state index contributed by atoms with van der Waals surface area (Å²) in [6.07, 6.45) is -1.67. The molecule has 0 radical (unpaired) electrons. The highest BCUT2D eigenvalue weighted by Crippen LogP contribution is 2.35. The molecule has 1 saturated heterocycles. The van der Waals surface area contributed by atoms with Crippen LogP contribution in [0, 0.1) is 0 Å². The molecule has 0 saturated carbocycles. The smallest absolute Gasteiger partial charge is 0.316 e. The highest BCUT2D eigenvalue weighted by Gasteiger charge is 2.36. The topological polar surface area (TPSA) is 125 Å². The van der Waals surface area contributed by atoms with Gasteiger partial charge >= 0.3 is 27.7 Å². The van der Waals surface area contributed by atoms with Crippen LogP contribution in [-0.4, -0.2) is 33.8 Å². The van der Waals surface area contributed by atoms with Crippen molar-refractivity contribution >= 4 is 21.4 Å². The first-order valence-electron chi connectivity index (χ1n) is 8.53. The molecule has 1 aliphatic rings. The van der Waals surface area contributed by atoms with Crippen molar-refractivity contribution in [1.82, 2.24) is 19.1 Å². The molecule has 1 N–H and O–H groups in total. The van der Waals surface area contributed by atoms with Gasteiger partial charge < -0.3 is 14.1 Å². The number of aryl methyl sites for hydroxylation is 1.